The third-order valence-corrected chi connectivity index (χ3v) is 1.82. The highest BCUT2D eigenvalue weighted by Gasteiger charge is 2.28. The summed E-state index contributed by atoms with van der Waals surface area (Å²) in [5, 5.41) is 11.6. The van der Waals surface area contributed by atoms with Gasteiger partial charge >= 0.3 is 0 Å². The minimum absolute atomic E-state index is 0.354. The van der Waals surface area contributed by atoms with E-state index in [1.165, 1.54) is 18.2 Å². The van der Waals surface area contributed by atoms with Gasteiger partial charge in [0, 0.05) is 5.56 Å². The lowest BCUT2D eigenvalue weighted by Gasteiger charge is -1.98. The third-order valence-electron chi connectivity index (χ3n) is 1.82. The zero-order valence-corrected chi connectivity index (χ0v) is 6.04. The molecule has 0 fully saturated rings. The van der Waals surface area contributed by atoms with Crippen molar-refractivity contribution in [1.29, 1.82) is 0 Å². The average Bonchev–Trinajstić information content (AvgIpc) is 2.28. The molecule has 0 unspecified atom stereocenters. The fourth-order valence-electron chi connectivity index (χ4n) is 1.22. The van der Waals surface area contributed by atoms with Crippen LogP contribution in [0.4, 0.5) is 10.1 Å². The van der Waals surface area contributed by atoms with Crippen LogP contribution in [0.5, 0.6) is 0 Å². The van der Waals surface area contributed by atoms with E-state index in [-0.39, 0.29) is 0 Å². The molecule has 0 aliphatic carbocycles. The summed E-state index contributed by atoms with van der Waals surface area (Å²) in [4.78, 5) is 10.9. The van der Waals surface area contributed by atoms with Crippen LogP contribution in [0, 0.1) is 5.82 Å². The highest BCUT2D eigenvalue weighted by atomic mass is 19.1. The molecule has 1 atom stereocenters. The topological polar surface area (TPSA) is 49.3 Å². The Kier molecular flexibility index (Phi) is 1.38. The highest BCUT2D eigenvalue weighted by Crippen LogP contribution is 2.30. The molecular weight excluding hydrogens is 161 g/mol. The van der Waals surface area contributed by atoms with E-state index in [0.717, 1.165) is 0 Å². The molecule has 0 spiro atoms. The molecule has 1 aromatic carbocycles. The van der Waals surface area contributed by atoms with Gasteiger partial charge in [-0.25, -0.2) is 4.39 Å². The van der Waals surface area contributed by atoms with Gasteiger partial charge in [-0.2, -0.15) is 0 Å². The van der Waals surface area contributed by atoms with Gasteiger partial charge in [0.1, 0.15) is 5.82 Å². The molecule has 1 aliphatic rings. The monoisotopic (exact) mass is 167 g/mol. The first kappa shape index (κ1) is 7.24. The molecule has 1 amide bonds. The Labute approximate surface area is 67.8 Å². The van der Waals surface area contributed by atoms with Gasteiger partial charge in [-0.1, -0.05) is 6.07 Å². The Morgan fingerprint density at radius 1 is 1.50 bits per heavy atom. The van der Waals surface area contributed by atoms with E-state index in [1.807, 2.05) is 0 Å². The predicted octanol–water partition coefficient (Wildman–Crippen LogP) is 0.811. The number of aliphatic hydroxyl groups is 1. The maximum absolute atomic E-state index is 12.6. The number of nitrogens with one attached hydrogen (secondary N) is 1. The van der Waals surface area contributed by atoms with Gasteiger partial charge in [0.25, 0.3) is 5.91 Å². The Morgan fingerprint density at radius 3 is 3.00 bits per heavy atom. The van der Waals surface area contributed by atoms with Crippen LogP contribution in [0.2, 0.25) is 0 Å². The molecule has 62 valence electrons. The lowest BCUT2D eigenvalue weighted by atomic mass is 10.1. The van der Waals surface area contributed by atoms with Crippen LogP contribution in [0.3, 0.4) is 0 Å². The molecule has 0 saturated heterocycles. The van der Waals surface area contributed by atoms with Gasteiger partial charge in [-0.3, -0.25) is 4.79 Å². The summed E-state index contributed by atoms with van der Waals surface area (Å²) < 4.78 is 12.6. The van der Waals surface area contributed by atoms with Crippen LogP contribution in [0.15, 0.2) is 18.2 Å². The first-order chi connectivity index (χ1) is 5.68. The minimum atomic E-state index is -1.15. The van der Waals surface area contributed by atoms with Crippen LogP contribution >= 0.6 is 0 Å². The van der Waals surface area contributed by atoms with Crippen molar-refractivity contribution in [3.63, 3.8) is 0 Å². The maximum atomic E-state index is 12.6. The molecule has 0 radical (unpaired) electrons. The Bertz CT molecular complexity index is 351. The lowest BCUT2D eigenvalue weighted by molar-refractivity contribution is -0.123. The fourth-order valence-corrected chi connectivity index (χ4v) is 1.22. The molecule has 12 heavy (non-hydrogen) atoms. The van der Waals surface area contributed by atoms with E-state index in [9.17, 15) is 14.3 Å². The number of fused-ring (bicyclic) bond motifs is 1. The number of anilines is 1. The first-order valence-electron chi connectivity index (χ1n) is 3.47. The number of rotatable bonds is 0. The van der Waals surface area contributed by atoms with Crippen LogP contribution in [-0.2, 0) is 4.79 Å². The predicted molar refractivity (Wildman–Crippen MR) is 40.0 cm³/mol. The van der Waals surface area contributed by atoms with Crippen molar-refractivity contribution in [2.75, 3.05) is 5.32 Å². The number of hydrogen-bond acceptors (Lipinski definition) is 2. The normalized spacial score (nSPS) is 20.5. The largest absolute Gasteiger partial charge is 0.378 e. The highest BCUT2D eigenvalue weighted by molar-refractivity contribution is 6.01. The van der Waals surface area contributed by atoms with Gasteiger partial charge in [0.2, 0.25) is 0 Å². The Morgan fingerprint density at radius 2 is 2.25 bits per heavy atom. The average molecular weight is 167 g/mol. The first-order valence-corrected chi connectivity index (χ1v) is 3.47. The molecule has 0 aromatic heterocycles. The number of carbonyl (C=O) groups excluding carboxylic acids is 1. The summed E-state index contributed by atoms with van der Waals surface area (Å²) >= 11 is 0. The van der Waals surface area contributed by atoms with Crippen LogP contribution in [0.25, 0.3) is 0 Å². The second-order valence-corrected chi connectivity index (χ2v) is 2.62. The number of amides is 1. The van der Waals surface area contributed by atoms with Crippen LogP contribution < -0.4 is 5.32 Å². The molecule has 4 heteroatoms. The van der Waals surface area contributed by atoms with Crippen molar-refractivity contribution in [2.24, 2.45) is 0 Å². The number of carbonyl (C=O) groups is 1. The zero-order chi connectivity index (χ0) is 8.72. The summed E-state index contributed by atoms with van der Waals surface area (Å²) in [6.45, 7) is 0. The number of hydrogen-bond donors (Lipinski definition) is 2. The number of benzene rings is 1. The van der Waals surface area contributed by atoms with E-state index >= 15 is 0 Å². The standard InChI is InChI=1S/C8H6FNO2/c9-4-1-2-5-6(3-4)10-8(12)7(5)11/h1-3,7,11H,(H,10,12)/t7-/m1/s1. The second kappa shape index (κ2) is 2.28. The van der Waals surface area contributed by atoms with Gasteiger partial charge in [0.15, 0.2) is 6.10 Å². The second-order valence-electron chi connectivity index (χ2n) is 2.62. The lowest BCUT2D eigenvalue weighted by Crippen LogP contribution is -2.10. The summed E-state index contributed by atoms with van der Waals surface area (Å²) in [6.07, 6.45) is -1.15. The number of halogens is 1. The van der Waals surface area contributed by atoms with Crippen molar-refractivity contribution in [1.82, 2.24) is 0 Å². The third kappa shape index (κ3) is 0.887. The molecule has 1 aromatic rings. The van der Waals surface area contributed by atoms with E-state index < -0.39 is 17.8 Å². The van der Waals surface area contributed by atoms with E-state index in [1.54, 1.807) is 0 Å². The smallest absolute Gasteiger partial charge is 0.257 e. The minimum Gasteiger partial charge on any atom is -0.378 e. The quantitative estimate of drug-likeness (QED) is 0.600. The summed E-state index contributed by atoms with van der Waals surface area (Å²) in [5.41, 5.74) is 0.786. The fraction of sp³-hybridized carbons (Fsp3) is 0.125. The van der Waals surface area contributed by atoms with Gasteiger partial charge in [-0.05, 0) is 12.1 Å². The SMILES string of the molecule is O=C1Nc2cc(F)ccc2[C@H]1O. The van der Waals surface area contributed by atoms with Crippen molar-refractivity contribution >= 4 is 11.6 Å². The molecule has 2 rings (SSSR count). The van der Waals surface area contributed by atoms with Crippen LogP contribution in [-0.4, -0.2) is 11.0 Å². The van der Waals surface area contributed by atoms with Crippen molar-refractivity contribution in [3.05, 3.63) is 29.6 Å². The van der Waals surface area contributed by atoms with Gasteiger partial charge in [0.05, 0.1) is 5.69 Å². The number of aliphatic hydroxyl groups excluding tert-OH is 1. The summed E-state index contributed by atoms with van der Waals surface area (Å²) in [5.74, 6) is -0.932. The van der Waals surface area contributed by atoms with E-state index in [2.05, 4.69) is 5.32 Å². The summed E-state index contributed by atoms with van der Waals surface area (Å²) in [6, 6.07) is 3.79. The van der Waals surface area contributed by atoms with E-state index in [0.29, 0.717) is 11.3 Å². The molecule has 3 nitrogen and oxygen atoms in total. The maximum Gasteiger partial charge on any atom is 0.257 e. The molecule has 0 saturated carbocycles. The van der Waals surface area contributed by atoms with Crippen molar-refractivity contribution in [2.45, 2.75) is 6.10 Å². The summed E-state index contributed by atoms with van der Waals surface area (Å²) in [7, 11) is 0. The van der Waals surface area contributed by atoms with Gasteiger partial charge < -0.3 is 10.4 Å². The Balaban J connectivity index is 2.54. The molecule has 2 N–H and O–H groups in total. The Hall–Kier alpha value is -1.42. The zero-order valence-electron chi connectivity index (χ0n) is 6.04. The van der Waals surface area contributed by atoms with Crippen molar-refractivity contribution < 1.29 is 14.3 Å². The van der Waals surface area contributed by atoms with Gasteiger partial charge in [-0.15, -0.1) is 0 Å². The van der Waals surface area contributed by atoms with Crippen molar-refractivity contribution in [3.8, 4) is 0 Å². The molecule has 1 heterocycles. The van der Waals surface area contributed by atoms with Crippen LogP contribution in [0.1, 0.15) is 11.7 Å². The molecule has 0 bridgehead atoms. The van der Waals surface area contributed by atoms with E-state index in [4.69, 9.17) is 0 Å². The molecular formula is C8H6FNO2. The molecule has 1 aliphatic heterocycles.